The minimum absolute atomic E-state index is 0.0596. The predicted molar refractivity (Wildman–Crippen MR) is 102 cm³/mol. The molecule has 24 heavy (non-hydrogen) atoms. The number of aromatic nitrogens is 1. The Bertz CT molecular complexity index is 868. The molecule has 3 aromatic rings. The smallest absolute Gasteiger partial charge is 0.113 e. The van der Waals surface area contributed by atoms with Gasteiger partial charge in [0.15, 0.2) is 0 Å². The van der Waals surface area contributed by atoms with Crippen molar-refractivity contribution in [1.82, 2.24) is 14.8 Å². The van der Waals surface area contributed by atoms with E-state index in [-0.39, 0.29) is 6.17 Å². The number of nitrogens with one attached hydrogen (secondary N) is 1. The molecule has 1 aromatic heterocycles. The lowest BCUT2D eigenvalue weighted by molar-refractivity contribution is 0.0160. The van der Waals surface area contributed by atoms with Crippen LogP contribution in [0.1, 0.15) is 13.1 Å². The van der Waals surface area contributed by atoms with Crippen LogP contribution in [-0.4, -0.2) is 46.9 Å². The Morgan fingerprint density at radius 1 is 1.04 bits per heavy atom. The fourth-order valence-corrected chi connectivity index (χ4v) is 4.25. The summed E-state index contributed by atoms with van der Waals surface area (Å²) < 4.78 is 3.39. The number of benzene rings is 2. The molecule has 2 N–H and O–H groups in total. The van der Waals surface area contributed by atoms with E-state index in [0.29, 0.717) is 0 Å². The molecule has 126 valence electrons. The fourth-order valence-electron chi connectivity index (χ4n) is 3.89. The molecule has 0 spiro atoms. The zero-order valence-corrected chi connectivity index (χ0v) is 15.3. The van der Waals surface area contributed by atoms with Crippen LogP contribution in [0, 0.1) is 0 Å². The summed E-state index contributed by atoms with van der Waals surface area (Å²) in [7, 11) is 0. The molecular formula is C19H22BrN3O. The number of nitrogens with zero attached hydrogens (tertiary/aromatic N) is 2. The van der Waals surface area contributed by atoms with Gasteiger partial charge in [-0.1, -0.05) is 34.1 Å². The van der Waals surface area contributed by atoms with Crippen molar-refractivity contribution in [2.75, 3.05) is 26.2 Å². The summed E-state index contributed by atoms with van der Waals surface area (Å²) in [6.45, 7) is 5.71. The summed E-state index contributed by atoms with van der Waals surface area (Å²) in [5.41, 5.74) is 2.35. The molecular weight excluding hydrogens is 366 g/mol. The summed E-state index contributed by atoms with van der Waals surface area (Å²) in [4.78, 5) is 2.38. The highest BCUT2D eigenvalue weighted by Gasteiger charge is 2.28. The first-order valence-electron chi connectivity index (χ1n) is 8.48. The van der Waals surface area contributed by atoms with Gasteiger partial charge in [-0.3, -0.25) is 4.90 Å². The van der Waals surface area contributed by atoms with E-state index in [0.717, 1.165) is 30.7 Å². The van der Waals surface area contributed by atoms with Crippen molar-refractivity contribution in [1.29, 1.82) is 0 Å². The van der Waals surface area contributed by atoms with Gasteiger partial charge in [-0.2, -0.15) is 0 Å². The van der Waals surface area contributed by atoms with Crippen LogP contribution in [0.2, 0.25) is 0 Å². The Kier molecular flexibility index (Phi) is 4.35. The Labute approximate surface area is 150 Å². The SMILES string of the molecule is CC(O)C(N1CCNCC1)n1c2ccccc2c2cc(Br)ccc21. The quantitative estimate of drug-likeness (QED) is 0.723. The largest absolute Gasteiger partial charge is 0.390 e. The molecule has 2 aromatic carbocycles. The fraction of sp³-hybridized carbons (Fsp3) is 0.368. The monoisotopic (exact) mass is 387 g/mol. The second-order valence-corrected chi connectivity index (χ2v) is 7.40. The number of piperazine rings is 1. The molecule has 0 bridgehead atoms. The van der Waals surface area contributed by atoms with Crippen LogP contribution in [0.3, 0.4) is 0 Å². The van der Waals surface area contributed by atoms with Gasteiger partial charge < -0.3 is 15.0 Å². The summed E-state index contributed by atoms with van der Waals surface area (Å²) >= 11 is 3.59. The summed E-state index contributed by atoms with van der Waals surface area (Å²) in [5, 5.41) is 16.5. The predicted octanol–water partition coefficient (Wildman–Crippen LogP) is 3.34. The number of rotatable bonds is 3. The topological polar surface area (TPSA) is 40.4 Å². The first-order chi connectivity index (χ1) is 11.7. The van der Waals surface area contributed by atoms with Crippen LogP contribution in [0.15, 0.2) is 46.9 Å². The molecule has 1 saturated heterocycles. The van der Waals surface area contributed by atoms with E-state index in [9.17, 15) is 5.11 Å². The maximum atomic E-state index is 10.6. The molecule has 0 radical (unpaired) electrons. The van der Waals surface area contributed by atoms with Gasteiger partial charge in [0.2, 0.25) is 0 Å². The molecule has 4 rings (SSSR count). The lowest BCUT2D eigenvalue weighted by Crippen LogP contribution is -2.49. The minimum atomic E-state index is -0.453. The normalized spacial score (nSPS) is 19.0. The van der Waals surface area contributed by atoms with Gasteiger partial charge in [-0.05, 0) is 31.2 Å². The molecule has 1 aliphatic rings. The summed E-state index contributed by atoms with van der Waals surface area (Å²) in [6, 6.07) is 14.9. The Morgan fingerprint density at radius 3 is 2.50 bits per heavy atom. The van der Waals surface area contributed by atoms with E-state index in [2.05, 4.69) is 73.2 Å². The molecule has 2 heterocycles. The molecule has 5 heteroatoms. The zero-order valence-electron chi connectivity index (χ0n) is 13.7. The minimum Gasteiger partial charge on any atom is -0.390 e. The Morgan fingerprint density at radius 2 is 1.75 bits per heavy atom. The third-order valence-electron chi connectivity index (χ3n) is 4.89. The van der Waals surface area contributed by atoms with E-state index in [1.54, 1.807) is 0 Å². The van der Waals surface area contributed by atoms with Crippen molar-refractivity contribution in [3.63, 3.8) is 0 Å². The van der Waals surface area contributed by atoms with Crippen LogP contribution >= 0.6 is 15.9 Å². The summed E-state index contributed by atoms with van der Waals surface area (Å²) in [6.07, 6.45) is -0.513. The van der Waals surface area contributed by atoms with E-state index in [4.69, 9.17) is 0 Å². The maximum Gasteiger partial charge on any atom is 0.113 e. The van der Waals surface area contributed by atoms with Crippen LogP contribution in [0.5, 0.6) is 0 Å². The van der Waals surface area contributed by atoms with Gasteiger partial charge in [0.1, 0.15) is 6.17 Å². The van der Waals surface area contributed by atoms with Gasteiger partial charge in [-0.25, -0.2) is 0 Å². The second kappa shape index (κ2) is 6.48. The van der Waals surface area contributed by atoms with Gasteiger partial charge >= 0.3 is 0 Å². The first kappa shape index (κ1) is 16.1. The van der Waals surface area contributed by atoms with Crippen molar-refractivity contribution in [2.45, 2.75) is 19.2 Å². The van der Waals surface area contributed by atoms with Crippen molar-refractivity contribution in [3.8, 4) is 0 Å². The highest BCUT2D eigenvalue weighted by atomic mass is 79.9. The van der Waals surface area contributed by atoms with Gasteiger partial charge in [0, 0.05) is 41.4 Å². The zero-order chi connectivity index (χ0) is 16.7. The average Bonchev–Trinajstić information content (AvgIpc) is 2.90. The van der Waals surface area contributed by atoms with Gasteiger partial charge in [0.05, 0.1) is 17.1 Å². The highest BCUT2D eigenvalue weighted by molar-refractivity contribution is 9.10. The molecule has 0 saturated carbocycles. The number of para-hydroxylation sites is 1. The number of halogens is 1. The van der Waals surface area contributed by atoms with E-state index >= 15 is 0 Å². The van der Waals surface area contributed by atoms with Gasteiger partial charge in [0.25, 0.3) is 0 Å². The lowest BCUT2D eigenvalue weighted by atomic mass is 10.2. The van der Waals surface area contributed by atoms with Crippen molar-refractivity contribution >= 4 is 37.7 Å². The van der Waals surface area contributed by atoms with E-state index < -0.39 is 6.10 Å². The van der Waals surface area contributed by atoms with Crippen LogP contribution in [-0.2, 0) is 0 Å². The molecule has 1 aliphatic heterocycles. The van der Waals surface area contributed by atoms with Crippen LogP contribution < -0.4 is 5.32 Å². The second-order valence-electron chi connectivity index (χ2n) is 6.49. The standard InChI is InChI=1S/C19H22BrN3O/c1-13(24)19(22-10-8-21-9-11-22)23-17-5-3-2-4-15(17)16-12-14(20)6-7-18(16)23/h2-7,12-13,19,21,24H,8-11H2,1H3. The highest BCUT2D eigenvalue weighted by Crippen LogP contribution is 2.35. The molecule has 2 unspecified atom stereocenters. The van der Waals surface area contributed by atoms with Crippen LogP contribution in [0.4, 0.5) is 0 Å². The summed E-state index contributed by atoms with van der Waals surface area (Å²) in [5.74, 6) is 0. The van der Waals surface area contributed by atoms with Crippen molar-refractivity contribution < 1.29 is 5.11 Å². The maximum absolute atomic E-state index is 10.6. The number of hydrogen-bond acceptors (Lipinski definition) is 3. The molecule has 0 aliphatic carbocycles. The van der Waals surface area contributed by atoms with Gasteiger partial charge in [-0.15, -0.1) is 0 Å². The third kappa shape index (κ3) is 2.65. The van der Waals surface area contributed by atoms with E-state index in [1.807, 2.05) is 6.92 Å². The van der Waals surface area contributed by atoms with E-state index in [1.165, 1.54) is 21.8 Å². The molecule has 2 atom stereocenters. The number of fused-ring (bicyclic) bond motifs is 3. The Balaban J connectivity index is 1.98. The Hall–Kier alpha value is -1.40. The average molecular weight is 388 g/mol. The molecule has 0 amide bonds. The lowest BCUT2D eigenvalue weighted by Gasteiger charge is -2.38. The van der Waals surface area contributed by atoms with Crippen molar-refractivity contribution in [3.05, 3.63) is 46.9 Å². The van der Waals surface area contributed by atoms with Crippen LogP contribution in [0.25, 0.3) is 21.8 Å². The molecule has 1 fully saturated rings. The molecule has 4 nitrogen and oxygen atoms in total. The first-order valence-corrected chi connectivity index (χ1v) is 9.27. The number of aliphatic hydroxyl groups excluding tert-OH is 1. The third-order valence-corrected chi connectivity index (χ3v) is 5.39. The van der Waals surface area contributed by atoms with Crippen molar-refractivity contribution in [2.24, 2.45) is 0 Å². The number of aliphatic hydroxyl groups is 1. The number of hydrogen-bond donors (Lipinski definition) is 2.